The van der Waals surface area contributed by atoms with E-state index in [1.54, 1.807) is 0 Å². The van der Waals surface area contributed by atoms with Crippen molar-refractivity contribution in [3.05, 3.63) is 192 Å². The van der Waals surface area contributed by atoms with Gasteiger partial charge in [0.15, 0.2) is 0 Å². The maximum absolute atomic E-state index is 2.67. The van der Waals surface area contributed by atoms with E-state index in [-0.39, 0.29) is 6.04 Å². The molecular weight excluding hydrogens is 665 g/mol. The summed E-state index contributed by atoms with van der Waals surface area (Å²) >= 11 is 0. The van der Waals surface area contributed by atoms with Gasteiger partial charge in [0.05, 0.1) is 22.6 Å². The van der Waals surface area contributed by atoms with Crippen LogP contribution in [0.2, 0.25) is 0 Å². The van der Waals surface area contributed by atoms with Gasteiger partial charge >= 0.3 is 0 Å². The molecule has 2 heteroatoms. The molecule has 0 saturated carbocycles. The first-order valence-corrected chi connectivity index (χ1v) is 19.9. The maximum Gasteiger partial charge on any atom is 0.0598 e. The summed E-state index contributed by atoms with van der Waals surface area (Å²) in [6.45, 7) is 4.51. The predicted octanol–water partition coefficient (Wildman–Crippen LogP) is 14.0. The summed E-state index contributed by atoms with van der Waals surface area (Å²) in [5.41, 5.74) is 20.1. The van der Waals surface area contributed by atoms with Crippen LogP contribution in [-0.4, -0.2) is 9.13 Å². The molecule has 0 radical (unpaired) electrons. The van der Waals surface area contributed by atoms with E-state index in [2.05, 4.69) is 187 Å². The molecule has 0 amide bonds. The number of nitrogens with zero attached hydrogens (tertiary/aromatic N) is 2. The van der Waals surface area contributed by atoms with Crippen LogP contribution in [-0.2, 0) is 12.8 Å². The van der Waals surface area contributed by atoms with Crippen molar-refractivity contribution in [2.75, 3.05) is 0 Å². The average molecular weight is 707 g/mol. The van der Waals surface area contributed by atoms with E-state index in [9.17, 15) is 0 Å². The Labute approximate surface area is 322 Å². The fourth-order valence-electron chi connectivity index (χ4n) is 9.98. The number of benzene rings is 7. The van der Waals surface area contributed by atoms with Gasteiger partial charge in [0.1, 0.15) is 0 Å². The molecule has 2 aromatic heterocycles. The lowest BCUT2D eigenvalue weighted by molar-refractivity contribution is 0.605. The molecule has 0 fully saturated rings. The molecule has 2 aliphatic carbocycles. The maximum atomic E-state index is 2.67. The number of fused-ring (bicyclic) bond motifs is 9. The molecule has 55 heavy (non-hydrogen) atoms. The number of aromatic nitrogens is 2. The predicted molar refractivity (Wildman–Crippen MR) is 233 cm³/mol. The third kappa shape index (κ3) is 4.87. The van der Waals surface area contributed by atoms with E-state index in [1.807, 2.05) is 0 Å². The first kappa shape index (κ1) is 32.1. The van der Waals surface area contributed by atoms with Gasteiger partial charge in [-0.2, -0.15) is 0 Å². The zero-order chi connectivity index (χ0) is 36.6. The number of rotatable bonds is 6. The Morgan fingerprint density at radius 1 is 0.582 bits per heavy atom. The molecule has 0 N–H and O–H groups in total. The second kappa shape index (κ2) is 12.6. The molecule has 2 heterocycles. The van der Waals surface area contributed by atoms with Gasteiger partial charge in [0.25, 0.3) is 0 Å². The largest absolute Gasteiger partial charge is 0.333 e. The fraction of sp³-hybridized carbons (Fsp3) is 0.132. The quantitative estimate of drug-likeness (QED) is 0.163. The lowest BCUT2D eigenvalue weighted by Crippen LogP contribution is -2.14. The van der Waals surface area contributed by atoms with Crippen LogP contribution in [0.1, 0.15) is 48.1 Å². The molecule has 0 saturated heterocycles. The summed E-state index contributed by atoms with van der Waals surface area (Å²) in [5, 5.41) is 5.31. The van der Waals surface area contributed by atoms with Crippen LogP contribution in [0, 0.1) is 6.92 Å². The lowest BCUT2D eigenvalue weighted by Gasteiger charge is -2.25. The first-order valence-electron chi connectivity index (χ1n) is 19.9. The normalized spacial score (nSPS) is 15.1. The molecule has 0 spiro atoms. The molecule has 1 atom stereocenters. The van der Waals surface area contributed by atoms with Crippen LogP contribution in [0.15, 0.2) is 169 Å². The number of para-hydroxylation sites is 3. The van der Waals surface area contributed by atoms with Crippen LogP contribution in [0.25, 0.3) is 77.1 Å². The highest BCUT2D eigenvalue weighted by molar-refractivity contribution is 6.28. The van der Waals surface area contributed by atoms with Crippen LogP contribution in [0.5, 0.6) is 0 Å². The monoisotopic (exact) mass is 706 g/mol. The number of aryl methyl sites for hydroxylation is 2. The van der Waals surface area contributed by atoms with Gasteiger partial charge in [-0.15, -0.1) is 0 Å². The number of allylic oxidation sites excluding steroid dienone is 4. The van der Waals surface area contributed by atoms with Crippen LogP contribution in [0.4, 0.5) is 0 Å². The Kier molecular flexibility index (Phi) is 7.35. The van der Waals surface area contributed by atoms with Crippen molar-refractivity contribution in [3.63, 3.8) is 0 Å². The molecule has 7 aromatic carbocycles. The molecule has 0 aliphatic heterocycles. The van der Waals surface area contributed by atoms with Gasteiger partial charge in [-0.25, -0.2) is 0 Å². The standard InChI is InChI=1S/C53H42N2/c1-3-14-35-25-26-37(32-45(35)40-18-8-7-15-34(40)2)36-27-28-41-38(31-36)33-46-42(41)21-13-24-49(46)55-48-23-12-10-20-44(48)53-51(55)30-29-50-52(53)43-19-9-11-22-47(43)54(50)39-16-5-4-6-17-39/h4-13,15-23,25-32,49H,3,14,24,33H2,1-2H3. The molecule has 0 bridgehead atoms. The second-order valence-corrected chi connectivity index (χ2v) is 15.5. The molecule has 2 aliphatic rings. The van der Waals surface area contributed by atoms with Gasteiger partial charge in [-0.1, -0.05) is 135 Å². The van der Waals surface area contributed by atoms with E-state index in [0.29, 0.717) is 0 Å². The topological polar surface area (TPSA) is 9.86 Å². The minimum atomic E-state index is 0.235. The lowest BCUT2D eigenvalue weighted by atomic mass is 9.90. The first-order chi connectivity index (χ1) is 27.2. The van der Waals surface area contributed by atoms with Crippen molar-refractivity contribution in [3.8, 4) is 27.9 Å². The van der Waals surface area contributed by atoms with Crippen LogP contribution >= 0.6 is 0 Å². The van der Waals surface area contributed by atoms with Crippen molar-refractivity contribution >= 4 is 49.2 Å². The SMILES string of the molecule is CCCc1ccc(-c2ccc3c(c2)CC2=C3C=CCC2n2c3ccccc3c3c4c5ccccc5n(-c5ccccc5)c4ccc32)cc1-c1ccccc1C. The van der Waals surface area contributed by atoms with Crippen molar-refractivity contribution in [1.82, 2.24) is 9.13 Å². The Bertz CT molecular complexity index is 3060. The summed E-state index contributed by atoms with van der Waals surface area (Å²) in [4.78, 5) is 0. The van der Waals surface area contributed by atoms with Gasteiger partial charge in [-0.3, -0.25) is 0 Å². The molecule has 264 valence electrons. The summed E-state index contributed by atoms with van der Waals surface area (Å²) in [7, 11) is 0. The molecule has 11 rings (SSSR count). The van der Waals surface area contributed by atoms with E-state index >= 15 is 0 Å². The van der Waals surface area contributed by atoms with E-state index in [4.69, 9.17) is 0 Å². The number of hydrogen-bond acceptors (Lipinski definition) is 0. The zero-order valence-electron chi connectivity index (χ0n) is 31.4. The molecule has 2 nitrogen and oxygen atoms in total. The van der Waals surface area contributed by atoms with E-state index in [1.165, 1.54) is 105 Å². The highest BCUT2D eigenvalue weighted by Crippen LogP contribution is 2.49. The minimum Gasteiger partial charge on any atom is -0.333 e. The highest BCUT2D eigenvalue weighted by atomic mass is 15.0. The van der Waals surface area contributed by atoms with Gasteiger partial charge in [0, 0.05) is 32.7 Å². The smallest absolute Gasteiger partial charge is 0.0598 e. The molecular formula is C53H42N2. The summed E-state index contributed by atoms with van der Waals surface area (Å²) in [5.74, 6) is 0. The second-order valence-electron chi connectivity index (χ2n) is 15.5. The Morgan fingerprint density at radius 2 is 1.27 bits per heavy atom. The highest BCUT2D eigenvalue weighted by Gasteiger charge is 2.32. The summed E-state index contributed by atoms with van der Waals surface area (Å²) in [6.07, 6.45) is 8.98. The summed E-state index contributed by atoms with van der Waals surface area (Å²) < 4.78 is 5.11. The Hall–Kier alpha value is -6.38. The Balaban J connectivity index is 1.04. The van der Waals surface area contributed by atoms with E-state index < -0.39 is 0 Å². The van der Waals surface area contributed by atoms with Crippen molar-refractivity contribution < 1.29 is 0 Å². The molecule has 9 aromatic rings. The molecule has 1 unspecified atom stereocenters. The summed E-state index contributed by atoms with van der Waals surface area (Å²) in [6, 6.07) is 57.0. The van der Waals surface area contributed by atoms with Gasteiger partial charge in [0.2, 0.25) is 0 Å². The van der Waals surface area contributed by atoms with Crippen molar-refractivity contribution in [1.29, 1.82) is 0 Å². The van der Waals surface area contributed by atoms with Gasteiger partial charge < -0.3 is 9.13 Å². The van der Waals surface area contributed by atoms with Crippen LogP contribution < -0.4 is 0 Å². The van der Waals surface area contributed by atoms with Crippen molar-refractivity contribution in [2.45, 2.75) is 45.6 Å². The van der Waals surface area contributed by atoms with Gasteiger partial charge in [-0.05, 0) is 124 Å². The third-order valence-corrected chi connectivity index (χ3v) is 12.4. The van der Waals surface area contributed by atoms with E-state index in [0.717, 1.165) is 25.7 Å². The third-order valence-electron chi connectivity index (χ3n) is 12.4. The zero-order valence-corrected chi connectivity index (χ0v) is 31.4. The average Bonchev–Trinajstić information content (AvgIpc) is 3.89. The van der Waals surface area contributed by atoms with Crippen molar-refractivity contribution in [2.24, 2.45) is 0 Å². The number of hydrogen-bond donors (Lipinski definition) is 0. The fourth-order valence-corrected chi connectivity index (χ4v) is 9.98. The Morgan fingerprint density at radius 3 is 2.11 bits per heavy atom. The van der Waals surface area contributed by atoms with Crippen LogP contribution in [0.3, 0.4) is 0 Å². The minimum absolute atomic E-state index is 0.235.